The standard InChI is InChI=1S/C56H53BN2O/c1-34-28-49-52-50(29-34)59(47-20-15-19-40-39-18-13-14-21-51(39)60-53(40)47)48-33-42-41(55(6,7)26-27-56(42,8)9)32-44(48)57(52)43-31-37(36-16-11-10-12-17-36)22-24-46(43)58(49)45-25-23-38(30-35(45)2)54(3,4)5/h10-25,28-33H,26-27H2,1-9H3. The third-order valence-electron chi connectivity index (χ3n) is 14.2. The van der Waals surface area contributed by atoms with Crippen molar-refractivity contribution in [3.8, 4) is 11.1 Å². The molecule has 7 aromatic carbocycles. The normalized spacial score (nSPS) is 16.1. The van der Waals surface area contributed by atoms with Crippen molar-refractivity contribution in [3.05, 3.63) is 161 Å². The minimum atomic E-state index is 0.00642. The number of furan rings is 1. The molecule has 3 aliphatic rings. The van der Waals surface area contributed by atoms with Gasteiger partial charge in [0.2, 0.25) is 0 Å². The Morgan fingerprint density at radius 2 is 1.17 bits per heavy atom. The molecule has 0 unspecified atom stereocenters. The molecule has 1 aliphatic carbocycles. The second-order valence-electron chi connectivity index (χ2n) is 20.2. The number of para-hydroxylation sites is 2. The van der Waals surface area contributed by atoms with Crippen molar-refractivity contribution in [2.75, 3.05) is 9.80 Å². The van der Waals surface area contributed by atoms with Gasteiger partial charge in [-0.05, 0) is 141 Å². The van der Waals surface area contributed by atoms with Crippen LogP contribution >= 0.6 is 0 Å². The van der Waals surface area contributed by atoms with Crippen LogP contribution in [0.25, 0.3) is 33.1 Å². The molecule has 0 amide bonds. The van der Waals surface area contributed by atoms with Crippen LogP contribution in [0, 0.1) is 13.8 Å². The molecular weight excluding hydrogens is 727 g/mol. The van der Waals surface area contributed by atoms with Crippen LogP contribution in [0.2, 0.25) is 0 Å². The Hall–Kier alpha value is -6.00. The lowest BCUT2D eigenvalue weighted by atomic mass is 9.33. The minimum Gasteiger partial charge on any atom is -0.454 e. The zero-order valence-corrected chi connectivity index (χ0v) is 36.5. The van der Waals surface area contributed by atoms with E-state index in [1.165, 1.54) is 83.8 Å². The Kier molecular flexibility index (Phi) is 7.87. The second kappa shape index (κ2) is 12.8. The van der Waals surface area contributed by atoms with Crippen LogP contribution in [0.1, 0.15) is 89.1 Å². The van der Waals surface area contributed by atoms with Gasteiger partial charge in [0.25, 0.3) is 6.71 Å². The summed E-state index contributed by atoms with van der Waals surface area (Å²) in [4.78, 5) is 5.14. The van der Waals surface area contributed by atoms with E-state index in [0.717, 1.165) is 40.5 Å². The molecule has 60 heavy (non-hydrogen) atoms. The van der Waals surface area contributed by atoms with Crippen molar-refractivity contribution < 1.29 is 4.42 Å². The van der Waals surface area contributed by atoms with E-state index in [2.05, 4.69) is 206 Å². The molecule has 0 fully saturated rings. The Morgan fingerprint density at radius 3 is 1.88 bits per heavy atom. The Morgan fingerprint density at radius 1 is 0.533 bits per heavy atom. The molecule has 0 atom stereocenters. The Balaban J connectivity index is 1.27. The van der Waals surface area contributed by atoms with E-state index in [9.17, 15) is 0 Å². The highest BCUT2D eigenvalue weighted by molar-refractivity contribution is 7.00. The van der Waals surface area contributed by atoms with Crippen molar-refractivity contribution in [2.45, 2.75) is 91.4 Å². The first kappa shape index (κ1) is 37.0. The highest BCUT2D eigenvalue weighted by Gasteiger charge is 2.47. The summed E-state index contributed by atoms with van der Waals surface area (Å²) in [6.07, 6.45) is 2.31. The quantitative estimate of drug-likeness (QED) is 0.167. The maximum absolute atomic E-state index is 6.89. The fourth-order valence-electron chi connectivity index (χ4n) is 10.8. The van der Waals surface area contributed by atoms with Crippen LogP contribution in [0.15, 0.2) is 138 Å². The van der Waals surface area contributed by atoms with E-state index >= 15 is 0 Å². The first-order valence-electron chi connectivity index (χ1n) is 21.8. The zero-order valence-electron chi connectivity index (χ0n) is 36.5. The van der Waals surface area contributed by atoms with Crippen molar-refractivity contribution in [3.63, 3.8) is 0 Å². The summed E-state index contributed by atoms with van der Waals surface area (Å²) >= 11 is 0. The zero-order chi connectivity index (χ0) is 41.5. The summed E-state index contributed by atoms with van der Waals surface area (Å²) in [5.74, 6) is 0. The monoisotopic (exact) mass is 780 g/mol. The first-order chi connectivity index (χ1) is 28.7. The first-order valence-corrected chi connectivity index (χ1v) is 21.8. The third kappa shape index (κ3) is 5.42. The molecule has 3 heterocycles. The predicted octanol–water partition coefficient (Wildman–Crippen LogP) is 13.6. The number of nitrogens with zero attached hydrogens (tertiary/aromatic N) is 2. The van der Waals surface area contributed by atoms with Gasteiger partial charge in [0.05, 0.1) is 5.69 Å². The highest BCUT2D eigenvalue weighted by atomic mass is 16.3. The summed E-state index contributed by atoms with van der Waals surface area (Å²) in [6, 6.07) is 50.5. The molecule has 0 N–H and O–H groups in total. The molecule has 0 saturated heterocycles. The minimum absolute atomic E-state index is 0.00642. The van der Waals surface area contributed by atoms with Gasteiger partial charge in [-0.3, -0.25) is 0 Å². The molecule has 8 aromatic rings. The number of hydrogen-bond acceptors (Lipinski definition) is 3. The van der Waals surface area contributed by atoms with Crippen molar-refractivity contribution in [1.29, 1.82) is 0 Å². The molecular formula is C56H53BN2O. The number of anilines is 6. The maximum Gasteiger partial charge on any atom is 0.252 e. The molecule has 0 spiro atoms. The average molecular weight is 781 g/mol. The molecule has 0 saturated carbocycles. The number of aryl methyl sites for hydroxylation is 2. The number of fused-ring (bicyclic) bond motifs is 8. The van der Waals surface area contributed by atoms with E-state index in [4.69, 9.17) is 4.42 Å². The number of rotatable bonds is 3. The summed E-state index contributed by atoms with van der Waals surface area (Å²) in [5.41, 5.74) is 22.5. The smallest absolute Gasteiger partial charge is 0.252 e. The summed E-state index contributed by atoms with van der Waals surface area (Å²) in [7, 11) is 0. The topological polar surface area (TPSA) is 19.6 Å². The molecule has 4 heteroatoms. The van der Waals surface area contributed by atoms with Crippen molar-refractivity contribution >= 4 is 79.2 Å². The van der Waals surface area contributed by atoms with Gasteiger partial charge in [0.15, 0.2) is 5.58 Å². The average Bonchev–Trinajstić information content (AvgIpc) is 3.61. The highest BCUT2D eigenvalue weighted by Crippen LogP contribution is 2.52. The van der Waals surface area contributed by atoms with Crippen LogP contribution in [0.4, 0.5) is 34.1 Å². The fourth-order valence-corrected chi connectivity index (χ4v) is 10.8. The lowest BCUT2D eigenvalue weighted by Gasteiger charge is -2.47. The van der Waals surface area contributed by atoms with Gasteiger partial charge in [-0.1, -0.05) is 139 Å². The van der Waals surface area contributed by atoms with Gasteiger partial charge in [-0.2, -0.15) is 0 Å². The third-order valence-corrected chi connectivity index (χ3v) is 14.2. The van der Waals surface area contributed by atoms with E-state index < -0.39 is 0 Å². The molecule has 1 aromatic heterocycles. The lowest BCUT2D eigenvalue weighted by Crippen LogP contribution is -2.62. The molecule has 0 bridgehead atoms. The second-order valence-corrected chi connectivity index (χ2v) is 20.2. The van der Waals surface area contributed by atoms with Gasteiger partial charge in [-0.15, -0.1) is 0 Å². The number of hydrogen-bond donors (Lipinski definition) is 0. The molecule has 11 rings (SSSR count). The van der Waals surface area contributed by atoms with Gasteiger partial charge in [-0.25, -0.2) is 0 Å². The van der Waals surface area contributed by atoms with Crippen LogP contribution in [-0.4, -0.2) is 6.71 Å². The van der Waals surface area contributed by atoms with Gasteiger partial charge < -0.3 is 14.2 Å². The van der Waals surface area contributed by atoms with E-state index in [-0.39, 0.29) is 23.0 Å². The van der Waals surface area contributed by atoms with Crippen molar-refractivity contribution in [1.82, 2.24) is 0 Å². The van der Waals surface area contributed by atoms with Crippen LogP contribution in [-0.2, 0) is 16.2 Å². The van der Waals surface area contributed by atoms with Crippen molar-refractivity contribution in [2.24, 2.45) is 0 Å². The van der Waals surface area contributed by atoms with E-state index in [1.807, 2.05) is 0 Å². The van der Waals surface area contributed by atoms with Crippen LogP contribution in [0.3, 0.4) is 0 Å². The molecule has 3 nitrogen and oxygen atoms in total. The summed E-state index contributed by atoms with van der Waals surface area (Å²) in [5, 5.41) is 2.29. The van der Waals surface area contributed by atoms with Gasteiger partial charge in [0, 0.05) is 39.2 Å². The Bertz CT molecular complexity index is 3070. The number of benzene rings is 7. The van der Waals surface area contributed by atoms with E-state index in [0.29, 0.717) is 0 Å². The maximum atomic E-state index is 6.89. The van der Waals surface area contributed by atoms with Crippen LogP contribution < -0.4 is 26.2 Å². The largest absolute Gasteiger partial charge is 0.454 e. The summed E-state index contributed by atoms with van der Waals surface area (Å²) < 4.78 is 6.89. The van der Waals surface area contributed by atoms with Gasteiger partial charge >= 0.3 is 0 Å². The molecule has 0 radical (unpaired) electrons. The van der Waals surface area contributed by atoms with Crippen LogP contribution in [0.5, 0.6) is 0 Å². The molecule has 2 aliphatic heterocycles. The SMILES string of the molecule is Cc1cc2c3c(c1)N(c1cccc4c1oc1ccccc14)c1cc4c(cc1B3c1cc(-c3ccccc3)ccc1N2c1ccc(C(C)(C)C)cc1C)C(C)(C)CCC4(C)C. The Labute approximate surface area is 355 Å². The molecule has 296 valence electrons. The van der Waals surface area contributed by atoms with Gasteiger partial charge in [0.1, 0.15) is 5.58 Å². The lowest BCUT2D eigenvalue weighted by molar-refractivity contribution is 0.332. The van der Waals surface area contributed by atoms with E-state index in [1.54, 1.807) is 0 Å². The predicted molar refractivity (Wildman–Crippen MR) is 257 cm³/mol. The fraction of sp³-hybridized carbons (Fsp3) is 0.250. The summed E-state index contributed by atoms with van der Waals surface area (Å²) in [6.45, 7) is 21.3.